The van der Waals surface area contributed by atoms with E-state index in [0.717, 1.165) is 24.3 Å². The number of carbonyl (C=O) groups excluding carboxylic acids is 2. The van der Waals surface area contributed by atoms with Gasteiger partial charge in [-0.15, -0.1) is 0 Å². The van der Waals surface area contributed by atoms with Gasteiger partial charge < -0.3 is 14.4 Å². The van der Waals surface area contributed by atoms with Crippen LogP contribution in [0.4, 0.5) is 0 Å². The molecule has 1 aliphatic heterocycles. The molecule has 0 aromatic heterocycles. The van der Waals surface area contributed by atoms with Gasteiger partial charge in [-0.3, -0.25) is 14.8 Å². The summed E-state index contributed by atoms with van der Waals surface area (Å²) in [5, 5.41) is 10.8. The highest BCUT2D eigenvalue weighted by Gasteiger charge is 2.17. The summed E-state index contributed by atoms with van der Waals surface area (Å²) in [6, 6.07) is 6.50. The third-order valence-corrected chi connectivity index (χ3v) is 5.29. The van der Waals surface area contributed by atoms with Gasteiger partial charge in [0, 0.05) is 25.2 Å². The predicted octanol–water partition coefficient (Wildman–Crippen LogP) is 3.90. The summed E-state index contributed by atoms with van der Waals surface area (Å²) in [6.45, 7) is 4.78. The molecular weight excluding hydrogens is 384 g/mol. The number of morpholine rings is 1. The van der Waals surface area contributed by atoms with Crippen molar-refractivity contribution < 1.29 is 24.3 Å². The first kappa shape index (κ1) is 24.2. The average Bonchev–Trinajstić information content (AvgIpc) is 2.79. The summed E-state index contributed by atoms with van der Waals surface area (Å²) in [5.74, 6) is 0.0139. The van der Waals surface area contributed by atoms with Crippen molar-refractivity contribution >= 4 is 11.8 Å². The molecule has 0 aliphatic carbocycles. The summed E-state index contributed by atoms with van der Waals surface area (Å²) in [5.41, 5.74) is 0.393. The van der Waals surface area contributed by atoms with Gasteiger partial charge >= 0.3 is 0 Å². The van der Waals surface area contributed by atoms with Gasteiger partial charge in [-0.1, -0.05) is 51.9 Å². The third kappa shape index (κ3) is 8.71. The van der Waals surface area contributed by atoms with Crippen LogP contribution >= 0.6 is 0 Å². The number of nitrogens with zero attached hydrogens (tertiary/aromatic N) is 2. The first-order valence-corrected chi connectivity index (χ1v) is 11.2. The maximum absolute atomic E-state index is 12.3. The van der Waals surface area contributed by atoms with E-state index < -0.39 is 5.91 Å². The first-order chi connectivity index (χ1) is 14.6. The molecule has 0 spiro atoms. The zero-order chi connectivity index (χ0) is 21.6. The lowest BCUT2D eigenvalue weighted by molar-refractivity contribution is -0.137. The lowest BCUT2D eigenvalue weighted by Crippen LogP contribution is -2.42. The minimum atomic E-state index is -0.422. The van der Waals surface area contributed by atoms with Crippen molar-refractivity contribution in [3.05, 3.63) is 29.8 Å². The molecule has 0 unspecified atom stereocenters. The molecule has 1 fully saturated rings. The van der Waals surface area contributed by atoms with E-state index in [1.807, 2.05) is 0 Å². The average molecular weight is 421 g/mol. The van der Waals surface area contributed by atoms with E-state index in [4.69, 9.17) is 9.47 Å². The Hall–Kier alpha value is -2.12. The monoisotopic (exact) mass is 420 g/mol. The topological polar surface area (TPSA) is 79.3 Å². The van der Waals surface area contributed by atoms with Gasteiger partial charge in [0.05, 0.1) is 13.2 Å². The van der Waals surface area contributed by atoms with Crippen LogP contribution in [-0.4, -0.2) is 66.4 Å². The van der Waals surface area contributed by atoms with Crippen molar-refractivity contribution in [2.75, 3.05) is 39.5 Å². The van der Waals surface area contributed by atoms with E-state index in [0.29, 0.717) is 44.2 Å². The number of hydrogen-bond donors (Lipinski definition) is 1. The highest BCUT2D eigenvalue weighted by Crippen LogP contribution is 2.15. The zero-order valence-electron chi connectivity index (χ0n) is 18.2. The molecule has 0 saturated carbocycles. The van der Waals surface area contributed by atoms with E-state index in [1.54, 1.807) is 29.2 Å². The highest BCUT2D eigenvalue weighted by molar-refractivity contribution is 5.93. The maximum atomic E-state index is 12.3. The van der Waals surface area contributed by atoms with Crippen molar-refractivity contribution in [1.82, 2.24) is 9.96 Å². The molecule has 168 valence electrons. The number of hydroxylamine groups is 2. The number of rotatable bonds is 13. The summed E-state index contributed by atoms with van der Waals surface area (Å²) < 4.78 is 10.8. The molecule has 1 aliphatic rings. The predicted molar refractivity (Wildman–Crippen MR) is 115 cm³/mol. The molecule has 7 nitrogen and oxygen atoms in total. The van der Waals surface area contributed by atoms with Gasteiger partial charge in [0.1, 0.15) is 5.75 Å². The standard InChI is InChI=1S/C23H36N2O5/c1-2-3-4-5-6-7-8-9-14-25(28)23(27)20-10-12-21(13-11-20)30-19-22(26)24-15-17-29-18-16-24/h10-13,28H,2-9,14-19H2,1H3. The summed E-state index contributed by atoms with van der Waals surface area (Å²) >= 11 is 0. The van der Waals surface area contributed by atoms with Crippen LogP contribution in [0.5, 0.6) is 5.75 Å². The van der Waals surface area contributed by atoms with Gasteiger partial charge in [0.25, 0.3) is 11.8 Å². The van der Waals surface area contributed by atoms with Crippen LogP contribution in [0.15, 0.2) is 24.3 Å². The van der Waals surface area contributed by atoms with Gasteiger partial charge in [-0.2, -0.15) is 0 Å². The Kier molecular flexibility index (Phi) is 11.3. The van der Waals surface area contributed by atoms with Crippen LogP contribution in [0.3, 0.4) is 0 Å². The first-order valence-electron chi connectivity index (χ1n) is 11.2. The van der Waals surface area contributed by atoms with Gasteiger partial charge in [-0.05, 0) is 30.7 Å². The zero-order valence-corrected chi connectivity index (χ0v) is 18.2. The van der Waals surface area contributed by atoms with E-state index in [1.165, 1.54) is 32.1 Å². The molecule has 2 rings (SSSR count). The largest absolute Gasteiger partial charge is 0.484 e. The van der Waals surface area contributed by atoms with Crippen LogP contribution < -0.4 is 4.74 Å². The fraction of sp³-hybridized carbons (Fsp3) is 0.652. The van der Waals surface area contributed by atoms with Crippen molar-refractivity contribution in [2.45, 2.75) is 58.3 Å². The number of benzene rings is 1. The molecule has 1 aromatic rings. The molecule has 7 heteroatoms. The van der Waals surface area contributed by atoms with Crippen LogP contribution in [0, 0.1) is 0 Å². The van der Waals surface area contributed by atoms with E-state index in [-0.39, 0.29) is 12.5 Å². The number of unbranched alkanes of at least 4 members (excludes halogenated alkanes) is 7. The summed E-state index contributed by atoms with van der Waals surface area (Å²) in [7, 11) is 0. The molecule has 1 heterocycles. The molecule has 1 saturated heterocycles. The fourth-order valence-electron chi connectivity index (χ4n) is 3.39. The molecule has 0 radical (unpaired) electrons. The van der Waals surface area contributed by atoms with Gasteiger partial charge in [0.2, 0.25) is 0 Å². The Morgan fingerprint density at radius 1 is 1.00 bits per heavy atom. The van der Waals surface area contributed by atoms with Crippen LogP contribution in [-0.2, 0) is 9.53 Å². The van der Waals surface area contributed by atoms with Gasteiger partial charge in [0.15, 0.2) is 6.61 Å². The Morgan fingerprint density at radius 2 is 1.60 bits per heavy atom. The minimum Gasteiger partial charge on any atom is -0.484 e. The summed E-state index contributed by atoms with van der Waals surface area (Å²) in [6.07, 6.45) is 9.27. The second-order valence-electron chi connectivity index (χ2n) is 7.71. The van der Waals surface area contributed by atoms with Crippen LogP contribution in [0.2, 0.25) is 0 Å². The second-order valence-corrected chi connectivity index (χ2v) is 7.71. The quantitative estimate of drug-likeness (QED) is 0.297. The van der Waals surface area contributed by atoms with Crippen LogP contribution in [0.1, 0.15) is 68.6 Å². The normalized spacial score (nSPS) is 13.9. The van der Waals surface area contributed by atoms with Gasteiger partial charge in [-0.25, -0.2) is 5.06 Å². The van der Waals surface area contributed by atoms with E-state index in [2.05, 4.69) is 6.92 Å². The molecule has 0 atom stereocenters. The molecule has 30 heavy (non-hydrogen) atoms. The lowest BCUT2D eigenvalue weighted by atomic mass is 10.1. The number of carbonyl (C=O) groups is 2. The Morgan fingerprint density at radius 3 is 2.23 bits per heavy atom. The Balaban J connectivity index is 1.65. The summed E-state index contributed by atoms with van der Waals surface area (Å²) in [4.78, 5) is 26.1. The highest BCUT2D eigenvalue weighted by atomic mass is 16.5. The number of amides is 2. The molecule has 1 N–H and O–H groups in total. The Bertz CT molecular complexity index is 629. The molecular formula is C23H36N2O5. The lowest BCUT2D eigenvalue weighted by Gasteiger charge is -2.26. The van der Waals surface area contributed by atoms with Crippen molar-refractivity contribution in [2.24, 2.45) is 0 Å². The fourth-order valence-corrected chi connectivity index (χ4v) is 3.39. The maximum Gasteiger partial charge on any atom is 0.277 e. The minimum absolute atomic E-state index is 0.0438. The van der Waals surface area contributed by atoms with Crippen molar-refractivity contribution in [3.63, 3.8) is 0 Å². The van der Waals surface area contributed by atoms with Crippen LogP contribution in [0.25, 0.3) is 0 Å². The molecule has 1 aromatic carbocycles. The SMILES string of the molecule is CCCCCCCCCCN(O)C(=O)c1ccc(OCC(=O)N2CCOCC2)cc1. The second kappa shape index (κ2) is 14.0. The third-order valence-electron chi connectivity index (χ3n) is 5.29. The smallest absolute Gasteiger partial charge is 0.277 e. The Labute approximate surface area is 179 Å². The molecule has 0 bridgehead atoms. The molecule has 2 amide bonds. The number of hydrogen-bond acceptors (Lipinski definition) is 5. The van der Waals surface area contributed by atoms with E-state index in [9.17, 15) is 14.8 Å². The van der Waals surface area contributed by atoms with Crippen molar-refractivity contribution in [3.8, 4) is 5.75 Å². The number of ether oxygens (including phenoxy) is 2. The van der Waals surface area contributed by atoms with E-state index >= 15 is 0 Å². The van der Waals surface area contributed by atoms with Crippen molar-refractivity contribution in [1.29, 1.82) is 0 Å².